The first-order valence-corrected chi connectivity index (χ1v) is 17.8. The first kappa shape index (κ1) is 38.4. The van der Waals surface area contributed by atoms with Crippen LogP contribution in [0.4, 0.5) is 18.9 Å². The second-order valence-corrected chi connectivity index (χ2v) is 13.5. The SMILES string of the molecule is CCN(CC)c1ccc2c(-c3ccc(S(=O)(=O)NCCN)cc3S(=O)(=O)O)c3ccc(=[N+](CC)CC)cc-3oc2c1.O=C(O)C(F)(F)F. The highest BCUT2D eigenvalue weighted by molar-refractivity contribution is 7.89. The number of fused-ring (bicyclic) bond motifs is 2. The number of halogens is 3. The van der Waals surface area contributed by atoms with Crippen LogP contribution in [0.3, 0.4) is 0 Å². The summed E-state index contributed by atoms with van der Waals surface area (Å²) in [4.78, 5) is 10.2. The summed E-state index contributed by atoms with van der Waals surface area (Å²) in [5, 5.41) is 8.68. The van der Waals surface area contributed by atoms with Crippen LogP contribution in [0.2, 0.25) is 0 Å². The number of carboxylic acids is 1. The van der Waals surface area contributed by atoms with Crippen LogP contribution in [-0.4, -0.2) is 77.9 Å². The number of nitrogens with one attached hydrogen (secondary N) is 1. The molecule has 0 radical (unpaired) electrons. The molecule has 0 unspecified atom stereocenters. The Morgan fingerprint density at radius 2 is 1.54 bits per heavy atom. The fourth-order valence-corrected chi connectivity index (χ4v) is 6.97. The van der Waals surface area contributed by atoms with Crippen molar-refractivity contribution < 1.29 is 48.9 Å². The Labute approximate surface area is 276 Å². The number of aliphatic carboxylic acids is 1. The van der Waals surface area contributed by atoms with Crippen molar-refractivity contribution >= 4 is 42.8 Å². The molecule has 4 rings (SSSR count). The molecule has 0 amide bonds. The van der Waals surface area contributed by atoms with Crippen molar-refractivity contribution in [1.29, 1.82) is 0 Å². The molecule has 2 aromatic rings. The zero-order valence-electron chi connectivity index (χ0n) is 26.7. The van der Waals surface area contributed by atoms with E-state index in [0.29, 0.717) is 27.9 Å². The third-order valence-corrected chi connectivity index (χ3v) is 9.79. The highest BCUT2D eigenvalue weighted by Crippen LogP contribution is 2.43. The fraction of sp³-hybridized carbons (Fsp3) is 0.355. The highest BCUT2D eigenvalue weighted by atomic mass is 32.2. The van der Waals surface area contributed by atoms with Gasteiger partial charge in [0, 0.05) is 66.1 Å². The van der Waals surface area contributed by atoms with Gasteiger partial charge in [0.05, 0.1) is 11.0 Å². The van der Waals surface area contributed by atoms with Crippen molar-refractivity contribution in [2.75, 3.05) is 44.2 Å². The molecule has 2 aromatic carbocycles. The number of nitrogens with two attached hydrogens (primary N) is 1. The summed E-state index contributed by atoms with van der Waals surface area (Å²) in [6, 6.07) is 15.1. The van der Waals surface area contributed by atoms with E-state index in [1.54, 1.807) is 0 Å². The molecule has 48 heavy (non-hydrogen) atoms. The van der Waals surface area contributed by atoms with Gasteiger partial charge < -0.3 is 20.2 Å². The van der Waals surface area contributed by atoms with Gasteiger partial charge in [-0.1, -0.05) is 6.07 Å². The summed E-state index contributed by atoms with van der Waals surface area (Å²) >= 11 is 0. The first-order chi connectivity index (χ1) is 22.4. The minimum Gasteiger partial charge on any atom is -0.475 e. The molecule has 1 aliphatic carbocycles. The molecule has 1 heterocycles. The molecular weight excluding hydrogens is 677 g/mol. The Morgan fingerprint density at radius 3 is 2.06 bits per heavy atom. The lowest BCUT2D eigenvalue weighted by molar-refractivity contribution is -0.192. The van der Waals surface area contributed by atoms with E-state index in [2.05, 4.69) is 41.9 Å². The van der Waals surface area contributed by atoms with Gasteiger partial charge in [0.1, 0.15) is 29.3 Å². The van der Waals surface area contributed by atoms with Gasteiger partial charge in [-0.3, -0.25) is 4.55 Å². The lowest BCUT2D eigenvalue weighted by Crippen LogP contribution is -2.29. The molecule has 0 bridgehead atoms. The van der Waals surface area contributed by atoms with E-state index in [4.69, 9.17) is 20.1 Å². The maximum absolute atomic E-state index is 12.8. The van der Waals surface area contributed by atoms with Gasteiger partial charge in [-0.25, -0.2) is 22.5 Å². The topological polar surface area (TPSA) is 183 Å². The first-order valence-electron chi connectivity index (χ1n) is 14.9. The molecular formula is C31H38F3N4O8S2+. The van der Waals surface area contributed by atoms with Crippen LogP contribution in [0, 0.1) is 0 Å². The Bertz CT molecular complexity index is 2040. The van der Waals surface area contributed by atoms with Gasteiger partial charge >= 0.3 is 12.1 Å². The number of alkyl halides is 3. The number of sulfonamides is 1. The molecule has 262 valence electrons. The number of hydrogen-bond donors (Lipinski definition) is 4. The molecule has 0 saturated carbocycles. The number of benzene rings is 3. The second kappa shape index (κ2) is 15.5. The quantitative estimate of drug-likeness (QED) is 0.101. The van der Waals surface area contributed by atoms with E-state index in [1.165, 1.54) is 12.1 Å². The second-order valence-electron chi connectivity index (χ2n) is 10.3. The minimum absolute atomic E-state index is 0.0233. The average Bonchev–Trinajstić information content (AvgIpc) is 3.03. The summed E-state index contributed by atoms with van der Waals surface area (Å²) in [5.41, 5.74) is 8.18. The molecule has 0 fully saturated rings. The molecule has 0 atom stereocenters. The number of carboxylic acid groups (broad SMARTS) is 1. The van der Waals surface area contributed by atoms with E-state index in [1.807, 2.05) is 36.4 Å². The van der Waals surface area contributed by atoms with Crippen molar-refractivity contribution in [2.45, 2.75) is 43.7 Å². The summed E-state index contributed by atoms with van der Waals surface area (Å²) < 4.78 is 104. The number of nitrogens with zero attached hydrogens (tertiary/aromatic N) is 2. The Morgan fingerprint density at radius 1 is 0.938 bits per heavy atom. The van der Waals surface area contributed by atoms with Gasteiger partial charge in [0.25, 0.3) is 10.1 Å². The van der Waals surface area contributed by atoms with Crippen LogP contribution >= 0.6 is 0 Å². The lowest BCUT2D eigenvalue weighted by Gasteiger charge is -2.22. The standard InChI is InChI=1S/C29H36N4O6S2.C2HF3O2/c1-5-32(6-2)20-9-12-23-26(17-20)39-27-18-21(33(7-3)8-4)10-13-24(27)29(23)25-14-11-22(19-28(25)41(36,37)38)40(34,35)31-16-15-30;3-2(4,5)1(6)7/h9-14,17-19,31H,5-8,15-16,30H2,1-4H3;(H,6,7)/p+1. The maximum atomic E-state index is 12.8. The summed E-state index contributed by atoms with van der Waals surface area (Å²) in [7, 11) is -8.91. The smallest absolute Gasteiger partial charge is 0.475 e. The number of anilines is 1. The molecule has 2 aliphatic rings. The molecule has 0 saturated heterocycles. The van der Waals surface area contributed by atoms with Crippen LogP contribution < -0.4 is 25.3 Å². The predicted octanol–water partition coefficient (Wildman–Crippen LogP) is 3.98. The molecule has 12 nitrogen and oxygen atoms in total. The third-order valence-electron chi connectivity index (χ3n) is 7.44. The van der Waals surface area contributed by atoms with E-state index in [9.17, 15) is 34.6 Å². The molecule has 5 N–H and O–H groups in total. The minimum atomic E-state index is -5.08. The van der Waals surface area contributed by atoms with Crippen LogP contribution in [0.15, 0.2) is 68.8 Å². The van der Waals surface area contributed by atoms with Gasteiger partial charge in [0.15, 0.2) is 0 Å². The predicted molar refractivity (Wildman–Crippen MR) is 176 cm³/mol. The van der Waals surface area contributed by atoms with Gasteiger partial charge in [0.2, 0.25) is 15.4 Å². The van der Waals surface area contributed by atoms with Crippen molar-refractivity contribution in [3.8, 4) is 22.5 Å². The molecule has 0 spiro atoms. The summed E-state index contributed by atoms with van der Waals surface area (Å²) in [6.07, 6.45) is -5.08. The van der Waals surface area contributed by atoms with Crippen molar-refractivity contribution in [2.24, 2.45) is 5.73 Å². The largest absolute Gasteiger partial charge is 0.490 e. The monoisotopic (exact) mass is 715 g/mol. The molecule has 0 aromatic heterocycles. The van der Waals surface area contributed by atoms with Gasteiger partial charge in [-0.15, -0.1) is 0 Å². The molecule has 17 heteroatoms. The number of rotatable bonds is 11. The Kier molecular flexibility index (Phi) is 12.4. The van der Waals surface area contributed by atoms with Gasteiger partial charge in [-0.05, 0) is 58.0 Å². The van der Waals surface area contributed by atoms with Gasteiger partial charge in [-0.2, -0.15) is 21.6 Å². The van der Waals surface area contributed by atoms with E-state index >= 15 is 0 Å². The zero-order valence-corrected chi connectivity index (χ0v) is 28.3. The highest BCUT2D eigenvalue weighted by Gasteiger charge is 2.38. The maximum Gasteiger partial charge on any atom is 0.490 e. The van der Waals surface area contributed by atoms with Crippen LogP contribution in [-0.2, 0) is 24.9 Å². The van der Waals surface area contributed by atoms with Crippen molar-refractivity contribution in [3.05, 3.63) is 60.0 Å². The van der Waals surface area contributed by atoms with E-state index in [-0.39, 0.29) is 23.5 Å². The Hall–Kier alpha value is -4.03. The Balaban J connectivity index is 0.000000804. The normalized spacial score (nSPS) is 12.1. The van der Waals surface area contributed by atoms with E-state index < -0.39 is 37.2 Å². The summed E-state index contributed by atoms with van der Waals surface area (Å²) in [6.45, 7) is 11.4. The zero-order chi connectivity index (χ0) is 36.0. The van der Waals surface area contributed by atoms with Crippen LogP contribution in [0.25, 0.3) is 33.4 Å². The van der Waals surface area contributed by atoms with E-state index in [0.717, 1.165) is 43.3 Å². The average molecular weight is 716 g/mol. The fourth-order valence-electron chi connectivity index (χ4n) is 5.10. The number of carbonyl (C=O) groups is 1. The number of hydrogen-bond acceptors (Lipinski definition) is 8. The third kappa shape index (κ3) is 8.70. The van der Waals surface area contributed by atoms with Crippen molar-refractivity contribution in [3.63, 3.8) is 0 Å². The van der Waals surface area contributed by atoms with Crippen LogP contribution in [0.1, 0.15) is 27.7 Å². The lowest BCUT2D eigenvalue weighted by atomic mass is 9.93. The molecule has 1 aliphatic heterocycles. The summed E-state index contributed by atoms with van der Waals surface area (Å²) in [5.74, 6) is -2.23. The van der Waals surface area contributed by atoms with Crippen molar-refractivity contribution in [1.82, 2.24) is 9.30 Å². The van der Waals surface area contributed by atoms with Crippen LogP contribution in [0.5, 0.6) is 0 Å².